The number of hydrogen-bond donors (Lipinski definition) is 1. The highest BCUT2D eigenvalue weighted by molar-refractivity contribution is 9.10. The Bertz CT molecular complexity index is 492. The maximum Gasteiger partial charge on any atom is 0.270 e. The average molecular weight is 358 g/mol. The molecule has 0 heterocycles. The second-order valence-electron chi connectivity index (χ2n) is 6.15. The molecule has 1 aromatic carbocycles. The Kier molecular flexibility index (Phi) is 6.77. The summed E-state index contributed by atoms with van der Waals surface area (Å²) in [5, 5.41) is 10.9. The third-order valence-electron chi connectivity index (χ3n) is 3.30. The number of halogens is 1. The van der Waals surface area contributed by atoms with Crippen molar-refractivity contribution in [2.24, 2.45) is 11.1 Å². The summed E-state index contributed by atoms with van der Waals surface area (Å²) < 4.78 is 0.737. The molecule has 0 aliphatic carbocycles. The molecule has 6 heteroatoms. The number of rotatable bonds is 8. The number of benzene rings is 1. The van der Waals surface area contributed by atoms with Crippen LogP contribution in [0.25, 0.3) is 0 Å². The van der Waals surface area contributed by atoms with E-state index < -0.39 is 0 Å². The number of nitro benzene ring substituents is 1. The third kappa shape index (κ3) is 6.11. The van der Waals surface area contributed by atoms with Crippen LogP contribution in [0.1, 0.15) is 32.8 Å². The van der Waals surface area contributed by atoms with Crippen LogP contribution in [0.15, 0.2) is 22.7 Å². The Hall–Kier alpha value is -0.980. The van der Waals surface area contributed by atoms with Gasteiger partial charge in [-0.05, 0) is 36.6 Å². The summed E-state index contributed by atoms with van der Waals surface area (Å²) in [6, 6.07) is 5.10. The summed E-state index contributed by atoms with van der Waals surface area (Å²) in [7, 11) is 0. The van der Waals surface area contributed by atoms with Crippen LogP contribution in [0, 0.1) is 15.5 Å². The summed E-state index contributed by atoms with van der Waals surface area (Å²) in [4.78, 5) is 12.9. The van der Waals surface area contributed by atoms with E-state index >= 15 is 0 Å². The number of nitro groups is 1. The summed E-state index contributed by atoms with van der Waals surface area (Å²) in [5.41, 5.74) is 6.90. The van der Waals surface area contributed by atoms with Gasteiger partial charge in [-0.25, -0.2) is 0 Å². The molecular formula is C15H24BrN3O2. The Morgan fingerprint density at radius 1 is 1.38 bits per heavy atom. The molecule has 0 aromatic heterocycles. The van der Waals surface area contributed by atoms with Crippen molar-refractivity contribution < 1.29 is 4.92 Å². The Morgan fingerprint density at radius 2 is 2.05 bits per heavy atom. The number of hydrogen-bond acceptors (Lipinski definition) is 4. The standard InChI is InChI=1S/C15H24BrN3O2/c1-4-5-18(11-15(2,3)10-17)9-12-6-13(16)8-14(7-12)19(20)21/h6-8H,4-5,9-11,17H2,1-3H3. The van der Waals surface area contributed by atoms with Gasteiger partial charge in [0, 0.05) is 29.7 Å². The molecule has 2 N–H and O–H groups in total. The van der Waals surface area contributed by atoms with Gasteiger partial charge in [-0.3, -0.25) is 15.0 Å². The van der Waals surface area contributed by atoms with Gasteiger partial charge in [0.05, 0.1) is 4.92 Å². The van der Waals surface area contributed by atoms with Crippen LogP contribution in [-0.4, -0.2) is 29.5 Å². The molecule has 0 spiro atoms. The molecule has 1 aromatic rings. The zero-order valence-corrected chi connectivity index (χ0v) is 14.5. The minimum Gasteiger partial charge on any atom is -0.330 e. The molecule has 0 radical (unpaired) electrons. The van der Waals surface area contributed by atoms with Crippen molar-refractivity contribution in [1.82, 2.24) is 4.90 Å². The van der Waals surface area contributed by atoms with Gasteiger partial charge in [0.2, 0.25) is 0 Å². The second-order valence-corrected chi connectivity index (χ2v) is 7.07. The van der Waals surface area contributed by atoms with Crippen LogP contribution >= 0.6 is 15.9 Å². The second kappa shape index (κ2) is 7.87. The number of nitrogens with two attached hydrogens (primary N) is 1. The molecule has 21 heavy (non-hydrogen) atoms. The quantitative estimate of drug-likeness (QED) is 0.570. The maximum atomic E-state index is 10.9. The predicted molar refractivity (Wildman–Crippen MR) is 89.2 cm³/mol. The van der Waals surface area contributed by atoms with E-state index in [1.54, 1.807) is 6.07 Å². The van der Waals surface area contributed by atoms with Crippen molar-refractivity contribution >= 4 is 21.6 Å². The van der Waals surface area contributed by atoms with E-state index in [9.17, 15) is 10.1 Å². The molecule has 5 nitrogen and oxygen atoms in total. The first-order chi connectivity index (χ1) is 9.77. The molecule has 118 valence electrons. The molecular weight excluding hydrogens is 334 g/mol. The first kappa shape index (κ1) is 18.1. The minimum absolute atomic E-state index is 0.0348. The van der Waals surface area contributed by atoms with Crippen molar-refractivity contribution in [3.05, 3.63) is 38.3 Å². The fourth-order valence-corrected chi connectivity index (χ4v) is 2.82. The fourth-order valence-electron chi connectivity index (χ4n) is 2.29. The lowest BCUT2D eigenvalue weighted by molar-refractivity contribution is -0.385. The molecule has 0 bridgehead atoms. The fraction of sp³-hybridized carbons (Fsp3) is 0.600. The van der Waals surface area contributed by atoms with E-state index in [-0.39, 0.29) is 16.0 Å². The third-order valence-corrected chi connectivity index (χ3v) is 3.76. The molecule has 0 saturated heterocycles. The zero-order valence-electron chi connectivity index (χ0n) is 12.9. The molecule has 0 aliphatic heterocycles. The SMILES string of the molecule is CCCN(Cc1cc(Br)cc([N+](=O)[O-])c1)CC(C)(C)CN. The van der Waals surface area contributed by atoms with E-state index in [1.165, 1.54) is 6.07 Å². The van der Waals surface area contributed by atoms with Crippen LogP contribution in [0.2, 0.25) is 0 Å². The van der Waals surface area contributed by atoms with Crippen LogP contribution in [0.5, 0.6) is 0 Å². The van der Waals surface area contributed by atoms with Gasteiger partial charge in [0.25, 0.3) is 5.69 Å². The normalized spacial score (nSPS) is 11.9. The summed E-state index contributed by atoms with van der Waals surface area (Å²) >= 11 is 3.34. The van der Waals surface area contributed by atoms with Gasteiger partial charge < -0.3 is 5.73 Å². The van der Waals surface area contributed by atoms with Crippen molar-refractivity contribution in [2.45, 2.75) is 33.7 Å². The van der Waals surface area contributed by atoms with Crippen molar-refractivity contribution in [3.8, 4) is 0 Å². The molecule has 0 aliphatic rings. The van der Waals surface area contributed by atoms with Crippen molar-refractivity contribution in [1.29, 1.82) is 0 Å². The van der Waals surface area contributed by atoms with E-state index in [0.29, 0.717) is 13.1 Å². The molecule has 0 saturated carbocycles. The van der Waals surface area contributed by atoms with Crippen LogP contribution in [-0.2, 0) is 6.54 Å². The molecule has 0 amide bonds. The first-order valence-electron chi connectivity index (χ1n) is 7.13. The number of non-ortho nitro benzene ring substituents is 1. The summed E-state index contributed by atoms with van der Waals surface area (Å²) in [6.07, 6.45) is 1.04. The van der Waals surface area contributed by atoms with Gasteiger partial charge in [-0.1, -0.05) is 36.7 Å². The van der Waals surface area contributed by atoms with Gasteiger partial charge in [0.15, 0.2) is 0 Å². The van der Waals surface area contributed by atoms with Crippen LogP contribution in [0.3, 0.4) is 0 Å². The molecule has 0 unspecified atom stereocenters. The predicted octanol–water partition coefficient (Wildman–Crippen LogP) is 3.55. The van der Waals surface area contributed by atoms with Crippen molar-refractivity contribution in [3.63, 3.8) is 0 Å². The topological polar surface area (TPSA) is 72.4 Å². The smallest absolute Gasteiger partial charge is 0.270 e. The maximum absolute atomic E-state index is 10.9. The first-order valence-corrected chi connectivity index (χ1v) is 7.93. The monoisotopic (exact) mass is 357 g/mol. The van der Waals surface area contributed by atoms with Gasteiger partial charge in [0.1, 0.15) is 0 Å². The Morgan fingerprint density at radius 3 is 2.57 bits per heavy atom. The van der Waals surface area contributed by atoms with Crippen molar-refractivity contribution in [2.75, 3.05) is 19.6 Å². The van der Waals surface area contributed by atoms with Gasteiger partial charge in [-0.15, -0.1) is 0 Å². The lowest BCUT2D eigenvalue weighted by atomic mass is 9.93. The summed E-state index contributed by atoms with van der Waals surface area (Å²) in [6.45, 7) is 9.54. The van der Waals surface area contributed by atoms with Crippen LogP contribution in [0.4, 0.5) is 5.69 Å². The van der Waals surface area contributed by atoms with Gasteiger partial charge >= 0.3 is 0 Å². The average Bonchev–Trinajstić information content (AvgIpc) is 2.37. The molecule has 1 rings (SSSR count). The Labute approximate surface area is 134 Å². The number of nitrogens with zero attached hydrogens (tertiary/aromatic N) is 2. The minimum atomic E-state index is -0.359. The highest BCUT2D eigenvalue weighted by Crippen LogP contribution is 2.24. The van der Waals surface area contributed by atoms with E-state index in [2.05, 4.69) is 41.6 Å². The lowest BCUT2D eigenvalue weighted by Crippen LogP contribution is -2.38. The molecule has 0 atom stereocenters. The van der Waals surface area contributed by atoms with Gasteiger partial charge in [-0.2, -0.15) is 0 Å². The van der Waals surface area contributed by atoms with E-state index in [1.807, 2.05) is 6.07 Å². The largest absolute Gasteiger partial charge is 0.330 e. The molecule has 0 fully saturated rings. The van der Waals surface area contributed by atoms with E-state index in [0.717, 1.165) is 29.5 Å². The van der Waals surface area contributed by atoms with E-state index in [4.69, 9.17) is 5.73 Å². The zero-order chi connectivity index (χ0) is 16.0. The van der Waals surface area contributed by atoms with Crippen LogP contribution < -0.4 is 5.73 Å². The summed E-state index contributed by atoms with van der Waals surface area (Å²) in [5.74, 6) is 0. The highest BCUT2D eigenvalue weighted by atomic mass is 79.9. The lowest BCUT2D eigenvalue weighted by Gasteiger charge is -2.31. The highest BCUT2D eigenvalue weighted by Gasteiger charge is 2.20. The Balaban J connectivity index is 2.90.